The Morgan fingerprint density at radius 1 is 1.31 bits per heavy atom. The average Bonchev–Trinajstić information content (AvgIpc) is 3.19. The molecule has 3 heterocycles. The van der Waals surface area contributed by atoms with E-state index in [-0.39, 0.29) is 6.04 Å². The molecule has 138 valence electrons. The van der Waals surface area contributed by atoms with Crippen molar-refractivity contribution < 1.29 is 0 Å². The standard InChI is InChI=1S/C19H21BrClN3S2/c20-16-17-19(26-18(16)12-6-2-1-3-7-13(12)22)14(9-15(21)24-17)23-10-11-5-4-8-25-11/h4-5,8-9,12-13H,1-3,6-7,10,22H2,(H,23,24)/t12-,13-/m0/s1. The predicted octanol–water partition coefficient (Wildman–Crippen LogP) is 6.76. The van der Waals surface area contributed by atoms with Gasteiger partial charge in [-0.1, -0.05) is 36.9 Å². The molecule has 1 fully saturated rings. The van der Waals surface area contributed by atoms with Crippen molar-refractivity contribution in [3.63, 3.8) is 0 Å². The summed E-state index contributed by atoms with van der Waals surface area (Å²) in [5.41, 5.74) is 8.51. The molecule has 0 saturated heterocycles. The Morgan fingerprint density at radius 3 is 2.96 bits per heavy atom. The predicted molar refractivity (Wildman–Crippen MR) is 118 cm³/mol. The molecule has 3 aromatic heterocycles. The van der Waals surface area contributed by atoms with Crippen LogP contribution in [0.5, 0.6) is 0 Å². The smallest absolute Gasteiger partial charge is 0.131 e. The third-order valence-electron chi connectivity index (χ3n) is 5.02. The number of rotatable bonds is 4. The summed E-state index contributed by atoms with van der Waals surface area (Å²) in [5, 5.41) is 6.15. The van der Waals surface area contributed by atoms with Crippen LogP contribution in [0.3, 0.4) is 0 Å². The molecule has 1 aliphatic carbocycles. The van der Waals surface area contributed by atoms with Crippen LogP contribution >= 0.6 is 50.2 Å². The number of hydrogen-bond donors (Lipinski definition) is 2. The van der Waals surface area contributed by atoms with Gasteiger partial charge in [0.25, 0.3) is 0 Å². The molecule has 4 rings (SSSR count). The first-order valence-corrected chi connectivity index (χ1v) is 11.8. The number of anilines is 1. The van der Waals surface area contributed by atoms with Crippen LogP contribution in [0.4, 0.5) is 5.69 Å². The van der Waals surface area contributed by atoms with E-state index in [0.717, 1.165) is 39.8 Å². The van der Waals surface area contributed by atoms with Gasteiger partial charge in [0.1, 0.15) is 5.15 Å². The maximum Gasteiger partial charge on any atom is 0.131 e. The van der Waals surface area contributed by atoms with Crippen molar-refractivity contribution in [1.82, 2.24) is 4.98 Å². The summed E-state index contributed by atoms with van der Waals surface area (Å²) in [7, 11) is 0. The second kappa shape index (κ2) is 8.15. The quantitative estimate of drug-likeness (QED) is 0.327. The van der Waals surface area contributed by atoms with Gasteiger partial charge < -0.3 is 11.1 Å². The number of nitrogens with one attached hydrogen (secondary N) is 1. The van der Waals surface area contributed by atoms with Gasteiger partial charge in [0.2, 0.25) is 0 Å². The molecule has 3 aromatic rings. The maximum atomic E-state index is 6.52. The molecular weight excluding hydrogens is 450 g/mol. The van der Waals surface area contributed by atoms with Crippen LogP contribution < -0.4 is 11.1 Å². The van der Waals surface area contributed by atoms with E-state index < -0.39 is 0 Å². The first kappa shape index (κ1) is 18.7. The largest absolute Gasteiger partial charge is 0.379 e. The topological polar surface area (TPSA) is 50.9 Å². The summed E-state index contributed by atoms with van der Waals surface area (Å²) in [6, 6.07) is 6.36. The maximum absolute atomic E-state index is 6.52. The second-order valence-corrected chi connectivity index (χ2v) is 10.1. The molecule has 0 aliphatic heterocycles. The highest BCUT2D eigenvalue weighted by molar-refractivity contribution is 9.10. The molecule has 3 N–H and O–H groups in total. The monoisotopic (exact) mass is 469 g/mol. The Hall–Kier alpha value is -0.660. The number of pyridine rings is 1. The van der Waals surface area contributed by atoms with Gasteiger partial charge in [-0.15, -0.1) is 22.7 Å². The lowest BCUT2D eigenvalue weighted by Crippen LogP contribution is -2.26. The lowest BCUT2D eigenvalue weighted by molar-refractivity contribution is 0.510. The molecule has 0 aromatic carbocycles. The lowest BCUT2D eigenvalue weighted by atomic mass is 9.94. The van der Waals surface area contributed by atoms with Gasteiger partial charge in [-0.2, -0.15) is 0 Å². The lowest BCUT2D eigenvalue weighted by Gasteiger charge is -2.20. The molecule has 0 spiro atoms. The molecule has 3 nitrogen and oxygen atoms in total. The van der Waals surface area contributed by atoms with Crippen molar-refractivity contribution in [3.05, 3.63) is 43.0 Å². The Bertz CT molecular complexity index is 894. The van der Waals surface area contributed by atoms with Crippen molar-refractivity contribution in [2.75, 3.05) is 5.32 Å². The van der Waals surface area contributed by atoms with Gasteiger partial charge in [0.15, 0.2) is 0 Å². The minimum absolute atomic E-state index is 0.222. The number of aromatic nitrogens is 1. The van der Waals surface area contributed by atoms with E-state index in [4.69, 9.17) is 17.3 Å². The van der Waals surface area contributed by atoms with Gasteiger partial charge in [0.05, 0.1) is 20.4 Å². The van der Waals surface area contributed by atoms with Gasteiger partial charge in [0, 0.05) is 34.3 Å². The fraction of sp³-hybridized carbons (Fsp3) is 0.421. The fourth-order valence-corrected chi connectivity index (χ4v) is 6.78. The summed E-state index contributed by atoms with van der Waals surface area (Å²) < 4.78 is 2.23. The first-order chi connectivity index (χ1) is 12.6. The third kappa shape index (κ3) is 3.80. The zero-order chi connectivity index (χ0) is 18.1. The number of halogens is 2. The van der Waals surface area contributed by atoms with Crippen molar-refractivity contribution in [3.8, 4) is 0 Å². The molecule has 1 saturated carbocycles. The van der Waals surface area contributed by atoms with Crippen LogP contribution in [0.1, 0.15) is 47.8 Å². The fourth-order valence-electron chi connectivity index (χ4n) is 3.65. The Kier molecular flexibility index (Phi) is 5.86. The molecule has 2 atom stereocenters. The number of thiophene rings is 2. The van der Waals surface area contributed by atoms with Crippen LogP contribution in [-0.2, 0) is 6.54 Å². The Labute approximate surface area is 175 Å². The van der Waals surface area contributed by atoms with Gasteiger partial charge in [-0.25, -0.2) is 4.98 Å². The van der Waals surface area contributed by atoms with Crippen molar-refractivity contribution in [2.45, 2.75) is 50.6 Å². The van der Waals surface area contributed by atoms with Crippen LogP contribution in [0.15, 0.2) is 28.1 Å². The highest BCUT2D eigenvalue weighted by Gasteiger charge is 2.27. The minimum Gasteiger partial charge on any atom is -0.379 e. The molecule has 0 radical (unpaired) electrons. The van der Waals surface area contributed by atoms with E-state index in [1.54, 1.807) is 11.3 Å². The molecule has 0 amide bonds. The molecule has 1 aliphatic rings. The Balaban J connectivity index is 1.72. The van der Waals surface area contributed by atoms with E-state index >= 15 is 0 Å². The molecule has 0 bridgehead atoms. The summed E-state index contributed by atoms with van der Waals surface area (Å²) in [5.74, 6) is 0.398. The van der Waals surface area contributed by atoms with Crippen LogP contribution in [-0.4, -0.2) is 11.0 Å². The number of fused-ring (bicyclic) bond motifs is 1. The summed E-state index contributed by atoms with van der Waals surface area (Å²) in [6.45, 7) is 0.793. The van der Waals surface area contributed by atoms with E-state index in [0.29, 0.717) is 11.1 Å². The van der Waals surface area contributed by atoms with Crippen LogP contribution in [0.2, 0.25) is 5.15 Å². The highest BCUT2D eigenvalue weighted by atomic mass is 79.9. The number of hydrogen-bond acceptors (Lipinski definition) is 5. The van der Waals surface area contributed by atoms with E-state index in [1.165, 1.54) is 29.0 Å². The van der Waals surface area contributed by atoms with Crippen molar-refractivity contribution in [1.29, 1.82) is 0 Å². The highest BCUT2D eigenvalue weighted by Crippen LogP contribution is 2.46. The van der Waals surface area contributed by atoms with Gasteiger partial charge in [-0.05, 0) is 40.2 Å². The van der Waals surface area contributed by atoms with E-state index in [1.807, 2.05) is 17.4 Å². The van der Waals surface area contributed by atoms with Crippen molar-refractivity contribution >= 4 is 66.1 Å². The zero-order valence-corrected chi connectivity index (χ0v) is 18.3. The molecule has 0 unspecified atom stereocenters. The van der Waals surface area contributed by atoms with Gasteiger partial charge in [-0.3, -0.25) is 0 Å². The molecule has 7 heteroatoms. The number of nitrogens with two attached hydrogens (primary N) is 1. The average molecular weight is 471 g/mol. The van der Waals surface area contributed by atoms with Crippen molar-refractivity contribution in [2.24, 2.45) is 5.73 Å². The second-order valence-electron chi connectivity index (χ2n) is 6.79. The van der Waals surface area contributed by atoms with Crippen LogP contribution in [0, 0.1) is 0 Å². The first-order valence-electron chi connectivity index (χ1n) is 8.93. The van der Waals surface area contributed by atoms with Crippen LogP contribution in [0.25, 0.3) is 10.2 Å². The summed E-state index contributed by atoms with van der Waals surface area (Å²) in [6.07, 6.45) is 6.01. The Morgan fingerprint density at radius 2 is 2.15 bits per heavy atom. The zero-order valence-electron chi connectivity index (χ0n) is 14.3. The third-order valence-corrected chi connectivity index (χ3v) is 8.50. The normalized spacial score (nSPS) is 21.0. The van der Waals surface area contributed by atoms with E-state index in [2.05, 4.69) is 43.7 Å². The summed E-state index contributed by atoms with van der Waals surface area (Å²) >= 11 is 13.7. The minimum atomic E-state index is 0.222. The number of nitrogens with zero attached hydrogens (tertiary/aromatic N) is 1. The summed E-state index contributed by atoms with van der Waals surface area (Å²) in [4.78, 5) is 7.22. The molecule has 26 heavy (non-hydrogen) atoms. The SMILES string of the molecule is N[C@H]1CCCCC[C@@H]1c1sc2c(NCc3cccs3)cc(Cl)nc2c1Br. The van der Waals surface area contributed by atoms with Gasteiger partial charge >= 0.3 is 0 Å². The van der Waals surface area contributed by atoms with E-state index in [9.17, 15) is 0 Å². The molecular formula is C19H21BrClN3S2.